The Morgan fingerprint density at radius 2 is 0.963 bits per heavy atom. The van der Waals surface area contributed by atoms with Gasteiger partial charge in [0.05, 0.1) is 0 Å². The molecular weight excluding hydrogens is 340 g/mol. The summed E-state index contributed by atoms with van der Waals surface area (Å²) in [6, 6.07) is 3.55. The molecule has 0 spiro atoms. The topological polar surface area (TPSA) is 44.8 Å². The maximum atomic E-state index is 12.9. The van der Waals surface area contributed by atoms with Gasteiger partial charge in [-0.3, -0.25) is 4.79 Å². The van der Waals surface area contributed by atoms with Gasteiger partial charge in [0.25, 0.3) is 0 Å². The van der Waals surface area contributed by atoms with Crippen molar-refractivity contribution in [3.05, 3.63) is 17.7 Å². The van der Waals surface area contributed by atoms with E-state index in [0.29, 0.717) is 22.8 Å². The van der Waals surface area contributed by atoms with Gasteiger partial charge in [-0.1, -0.05) is 20.8 Å². The summed E-state index contributed by atoms with van der Waals surface area (Å²) in [7, 11) is 0. The minimum atomic E-state index is -0.510. The lowest BCUT2D eigenvalue weighted by Gasteiger charge is -2.31. The number of carbonyl (C=O) groups excluding carboxylic acids is 1. The minimum Gasteiger partial charge on any atom is -0.484 e. The lowest BCUT2D eigenvalue weighted by Crippen LogP contribution is -2.29. The first-order valence-electron chi connectivity index (χ1n) is 9.58. The van der Waals surface area contributed by atoms with Crippen molar-refractivity contribution in [3.63, 3.8) is 0 Å². The second-order valence-electron chi connectivity index (χ2n) is 11.0. The molecule has 0 aliphatic heterocycles. The average Bonchev–Trinajstić information content (AvgIpc) is 2.35. The molecule has 0 heterocycles. The molecule has 0 saturated heterocycles. The van der Waals surface area contributed by atoms with Crippen LogP contribution in [0.15, 0.2) is 12.1 Å². The van der Waals surface area contributed by atoms with Gasteiger partial charge >= 0.3 is 0 Å². The van der Waals surface area contributed by atoms with Crippen LogP contribution in [0.3, 0.4) is 0 Å². The number of hydrogen-bond acceptors (Lipinski definition) is 4. The highest BCUT2D eigenvalue weighted by atomic mass is 16.6. The first kappa shape index (κ1) is 23.3. The number of ketones is 1. The van der Waals surface area contributed by atoms with Crippen LogP contribution in [-0.4, -0.2) is 22.6 Å². The van der Waals surface area contributed by atoms with Crippen LogP contribution >= 0.6 is 0 Å². The van der Waals surface area contributed by atoms with Crippen molar-refractivity contribution in [3.8, 4) is 17.2 Å². The van der Waals surface area contributed by atoms with E-state index in [-0.39, 0.29) is 5.78 Å². The van der Waals surface area contributed by atoms with Crippen molar-refractivity contribution in [2.24, 2.45) is 5.41 Å². The molecular formula is C23H38O4. The molecule has 1 aromatic carbocycles. The van der Waals surface area contributed by atoms with Gasteiger partial charge < -0.3 is 14.2 Å². The zero-order valence-corrected chi connectivity index (χ0v) is 19.3. The molecule has 0 aliphatic rings. The number of hydrogen-bond donors (Lipinski definition) is 0. The Bertz CT molecular complexity index is 637. The van der Waals surface area contributed by atoms with Gasteiger partial charge in [-0.15, -0.1) is 0 Å². The van der Waals surface area contributed by atoms with E-state index in [0.717, 1.165) is 0 Å². The minimum absolute atomic E-state index is 0.0299. The predicted octanol–water partition coefficient (Wildman–Crippen LogP) is 6.45. The molecule has 0 aromatic heterocycles. The third-order valence-corrected chi connectivity index (χ3v) is 3.20. The average molecular weight is 379 g/mol. The third kappa shape index (κ3) is 7.82. The quantitative estimate of drug-likeness (QED) is 0.565. The summed E-state index contributed by atoms with van der Waals surface area (Å²) in [6.07, 6.45) is 0. The molecule has 1 rings (SSSR count). The zero-order chi connectivity index (χ0) is 21.4. The summed E-state index contributed by atoms with van der Waals surface area (Å²) in [4.78, 5) is 12.9. The standard InChI is InChI=1S/C23H38O4/c1-20(2,3)19(24)15-13-16(25-21(4,5)6)18(27-23(10,11)12)17(14-15)26-22(7,8)9/h13-14H,1-12H3. The summed E-state index contributed by atoms with van der Waals surface area (Å²) in [5.41, 5.74) is -1.29. The van der Waals surface area contributed by atoms with Crippen LogP contribution in [0, 0.1) is 5.41 Å². The van der Waals surface area contributed by atoms with Gasteiger partial charge in [0.1, 0.15) is 16.8 Å². The second-order valence-corrected chi connectivity index (χ2v) is 11.0. The molecule has 154 valence electrons. The van der Waals surface area contributed by atoms with E-state index in [2.05, 4.69) is 0 Å². The van der Waals surface area contributed by atoms with Crippen molar-refractivity contribution in [2.45, 2.75) is 99.9 Å². The summed E-state index contributed by atoms with van der Waals surface area (Å²) < 4.78 is 18.6. The van der Waals surface area contributed by atoms with Crippen molar-refractivity contribution >= 4 is 5.78 Å². The van der Waals surface area contributed by atoms with E-state index in [1.54, 1.807) is 12.1 Å². The molecule has 0 bridgehead atoms. The van der Waals surface area contributed by atoms with E-state index in [1.165, 1.54) is 0 Å². The Labute approximate surface area is 165 Å². The molecule has 0 fully saturated rings. The number of rotatable bonds is 4. The molecule has 0 amide bonds. The van der Waals surface area contributed by atoms with Crippen LogP contribution in [0.2, 0.25) is 0 Å². The van der Waals surface area contributed by atoms with Crippen LogP contribution in [-0.2, 0) is 0 Å². The summed E-state index contributed by atoms with van der Waals surface area (Å²) in [5.74, 6) is 1.60. The summed E-state index contributed by atoms with van der Waals surface area (Å²) in [5, 5.41) is 0. The lowest BCUT2D eigenvalue weighted by molar-refractivity contribution is 0.0761. The van der Waals surface area contributed by atoms with Gasteiger partial charge in [-0.05, 0) is 74.4 Å². The van der Waals surface area contributed by atoms with Crippen LogP contribution in [0.1, 0.15) is 93.4 Å². The SMILES string of the molecule is CC(C)(C)Oc1cc(C(=O)C(C)(C)C)cc(OC(C)(C)C)c1OC(C)(C)C. The Morgan fingerprint density at radius 1 is 0.630 bits per heavy atom. The Morgan fingerprint density at radius 3 is 1.22 bits per heavy atom. The molecule has 0 saturated carbocycles. The van der Waals surface area contributed by atoms with Gasteiger partial charge in [0.2, 0.25) is 5.75 Å². The Kier molecular flexibility index (Phi) is 6.37. The van der Waals surface area contributed by atoms with E-state index >= 15 is 0 Å². The first-order valence-corrected chi connectivity index (χ1v) is 9.58. The normalized spacial score (nSPS) is 13.3. The van der Waals surface area contributed by atoms with Gasteiger partial charge in [0.15, 0.2) is 17.3 Å². The predicted molar refractivity (Wildman–Crippen MR) is 111 cm³/mol. The van der Waals surface area contributed by atoms with Crippen molar-refractivity contribution in [1.82, 2.24) is 0 Å². The van der Waals surface area contributed by atoms with Crippen molar-refractivity contribution in [1.29, 1.82) is 0 Å². The fourth-order valence-corrected chi connectivity index (χ4v) is 2.36. The number of benzene rings is 1. The number of carbonyl (C=O) groups is 1. The molecule has 0 atom stereocenters. The van der Waals surface area contributed by atoms with Gasteiger partial charge in [-0.25, -0.2) is 0 Å². The molecule has 4 heteroatoms. The molecule has 1 aromatic rings. The van der Waals surface area contributed by atoms with Crippen LogP contribution in [0.5, 0.6) is 17.2 Å². The summed E-state index contributed by atoms with van der Waals surface area (Å²) >= 11 is 0. The van der Waals surface area contributed by atoms with Crippen molar-refractivity contribution in [2.75, 3.05) is 0 Å². The van der Waals surface area contributed by atoms with Crippen LogP contribution in [0.25, 0.3) is 0 Å². The van der Waals surface area contributed by atoms with E-state index in [9.17, 15) is 4.79 Å². The van der Waals surface area contributed by atoms with E-state index in [1.807, 2.05) is 83.1 Å². The highest BCUT2D eigenvalue weighted by molar-refractivity contribution is 6.00. The molecule has 0 radical (unpaired) electrons. The lowest BCUT2D eigenvalue weighted by atomic mass is 9.86. The molecule has 0 aliphatic carbocycles. The zero-order valence-electron chi connectivity index (χ0n) is 19.3. The Hall–Kier alpha value is -1.71. The first-order chi connectivity index (χ1) is 11.8. The maximum Gasteiger partial charge on any atom is 0.204 e. The van der Waals surface area contributed by atoms with E-state index in [4.69, 9.17) is 14.2 Å². The van der Waals surface area contributed by atoms with E-state index < -0.39 is 22.2 Å². The highest BCUT2D eigenvalue weighted by Crippen LogP contribution is 2.44. The second kappa shape index (κ2) is 7.37. The number of Topliss-reactive ketones (excluding diaryl/α,β-unsaturated/α-hetero) is 1. The fraction of sp³-hybridized carbons (Fsp3) is 0.696. The third-order valence-electron chi connectivity index (χ3n) is 3.20. The molecule has 4 nitrogen and oxygen atoms in total. The maximum absolute atomic E-state index is 12.9. The van der Waals surface area contributed by atoms with Gasteiger partial charge in [-0.2, -0.15) is 0 Å². The largest absolute Gasteiger partial charge is 0.484 e. The molecule has 27 heavy (non-hydrogen) atoms. The van der Waals surface area contributed by atoms with Gasteiger partial charge in [0, 0.05) is 11.0 Å². The Balaban J connectivity index is 3.71. The van der Waals surface area contributed by atoms with Crippen LogP contribution < -0.4 is 14.2 Å². The molecule has 0 N–H and O–H groups in total. The molecule has 0 unspecified atom stereocenters. The fourth-order valence-electron chi connectivity index (χ4n) is 2.36. The van der Waals surface area contributed by atoms with Crippen molar-refractivity contribution < 1.29 is 19.0 Å². The monoisotopic (exact) mass is 378 g/mol. The highest BCUT2D eigenvalue weighted by Gasteiger charge is 2.30. The van der Waals surface area contributed by atoms with Crippen LogP contribution in [0.4, 0.5) is 0 Å². The summed E-state index contributed by atoms with van der Waals surface area (Å²) in [6.45, 7) is 23.5. The smallest absolute Gasteiger partial charge is 0.204 e. The number of ether oxygens (including phenoxy) is 3.